The van der Waals surface area contributed by atoms with Crippen LogP contribution in [0.15, 0.2) is 0 Å². The van der Waals surface area contributed by atoms with Crippen molar-refractivity contribution in [2.75, 3.05) is 26.3 Å². The van der Waals surface area contributed by atoms with Crippen molar-refractivity contribution >= 4 is 5.91 Å². The Hall–Kier alpha value is -0.610. The maximum atomic E-state index is 11.7. The lowest BCUT2D eigenvalue weighted by Crippen LogP contribution is -2.40. The van der Waals surface area contributed by atoms with Gasteiger partial charge in [0, 0.05) is 32.7 Å². The highest BCUT2D eigenvalue weighted by Crippen LogP contribution is 2.15. The predicted molar refractivity (Wildman–Crippen MR) is 62.2 cm³/mol. The van der Waals surface area contributed by atoms with Crippen molar-refractivity contribution in [1.82, 2.24) is 4.90 Å². The monoisotopic (exact) mass is 229 g/mol. The summed E-state index contributed by atoms with van der Waals surface area (Å²) in [4.78, 5) is 13.7. The quantitative estimate of drug-likeness (QED) is 0.696. The molecule has 1 heterocycles. The molecule has 16 heavy (non-hydrogen) atoms. The third-order valence-corrected chi connectivity index (χ3v) is 3.00. The Kier molecular flexibility index (Phi) is 6.42. The van der Waals surface area contributed by atoms with E-state index in [-0.39, 0.29) is 12.5 Å². The molecule has 1 aliphatic rings. The molecule has 1 fully saturated rings. The number of carbonyl (C=O) groups is 1. The number of carbonyl (C=O) groups excluding carboxylic acids is 1. The first-order valence-electron chi connectivity index (χ1n) is 6.28. The highest BCUT2D eigenvalue weighted by molar-refractivity contribution is 5.76. The molecule has 0 radical (unpaired) electrons. The third-order valence-electron chi connectivity index (χ3n) is 3.00. The van der Waals surface area contributed by atoms with E-state index >= 15 is 0 Å². The first-order chi connectivity index (χ1) is 7.77. The molecule has 94 valence electrons. The normalized spacial score (nSPS) is 17.8. The Morgan fingerprint density at radius 2 is 2.06 bits per heavy atom. The smallest absolute Gasteiger partial charge is 0.222 e. The Labute approximate surface area is 97.6 Å². The van der Waals surface area contributed by atoms with Crippen molar-refractivity contribution in [3.63, 3.8) is 0 Å². The number of nitrogens with zero attached hydrogens (tertiary/aromatic N) is 1. The van der Waals surface area contributed by atoms with E-state index in [0.29, 0.717) is 12.5 Å². The van der Waals surface area contributed by atoms with Gasteiger partial charge in [-0.25, -0.2) is 0 Å². The largest absolute Gasteiger partial charge is 0.396 e. The molecule has 1 N–H and O–H groups in total. The zero-order chi connectivity index (χ0) is 11.8. The molecule has 0 atom stereocenters. The number of aliphatic hydroxyl groups excluding tert-OH is 1. The third kappa shape index (κ3) is 4.49. The molecule has 0 saturated carbocycles. The van der Waals surface area contributed by atoms with Crippen LogP contribution < -0.4 is 0 Å². The van der Waals surface area contributed by atoms with Gasteiger partial charge in [-0.1, -0.05) is 0 Å². The minimum atomic E-state index is 0.180. The van der Waals surface area contributed by atoms with E-state index in [4.69, 9.17) is 9.84 Å². The average molecular weight is 229 g/mol. The minimum absolute atomic E-state index is 0.180. The van der Waals surface area contributed by atoms with Gasteiger partial charge in [0.05, 0.1) is 6.10 Å². The van der Waals surface area contributed by atoms with Gasteiger partial charge in [0.15, 0.2) is 0 Å². The highest BCUT2D eigenvalue weighted by Gasteiger charge is 2.22. The molecule has 1 amide bonds. The predicted octanol–water partition coefficient (Wildman–Crippen LogP) is 1.18. The molecule has 1 aliphatic heterocycles. The van der Waals surface area contributed by atoms with Gasteiger partial charge in [0.1, 0.15) is 0 Å². The molecule has 0 aromatic heterocycles. The Morgan fingerprint density at radius 3 is 2.62 bits per heavy atom. The van der Waals surface area contributed by atoms with Gasteiger partial charge in [-0.3, -0.25) is 4.79 Å². The average Bonchev–Trinajstić information content (AvgIpc) is 2.30. The van der Waals surface area contributed by atoms with Crippen molar-refractivity contribution < 1.29 is 14.6 Å². The van der Waals surface area contributed by atoms with Crippen molar-refractivity contribution in [3.05, 3.63) is 0 Å². The van der Waals surface area contributed by atoms with E-state index in [0.717, 1.165) is 45.4 Å². The zero-order valence-corrected chi connectivity index (χ0v) is 10.2. The molecule has 0 spiro atoms. The number of aliphatic hydroxyl groups is 1. The van der Waals surface area contributed by atoms with E-state index < -0.39 is 0 Å². The van der Waals surface area contributed by atoms with Gasteiger partial charge in [-0.15, -0.1) is 0 Å². The van der Waals surface area contributed by atoms with Crippen molar-refractivity contribution in [3.8, 4) is 0 Å². The first-order valence-corrected chi connectivity index (χ1v) is 6.28. The summed E-state index contributed by atoms with van der Waals surface area (Å²) in [7, 11) is 0. The Morgan fingerprint density at radius 1 is 1.38 bits per heavy atom. The molecule has 0 unspecified atom stereocenters. The highest BCUT2D eigenvalue weighted by atomic mass is 16.5. The fraction of sp³-hybridized carbons (Fsp3) is 0.917. The number of hydrogen-bond donors (Lipinski definition) is 1. The second-order valence-electron chi connectivity index (χ2n) is 4.22. The van der Waals surface area contributed by atoms with Gasteiger partial charge >= 0.3 is 0 Å². The Bertz CT molecular complexity index is 200. The Balaban J connectivity index is 2.17. The van der Waals surface area contributed by atoms with Crippen LogP contribution >= 0.6 is 0 Å². The fourth-order valence-corrected chi connectivity index (χ4v) is 2.05. The number of amides is 1. The molecule has 0 aromatic rings. The lowest BCUT2D eigenvalue weighted by molar-refractivity contribution is -0.133. The van der Waals surface area contributed by atoms with Crippen LogP contribution in [0.5, 0.6) is 0 Å². The molecule has 1 saturated heterocycles. The van der Waals surface area contributed by atoms with Gasteiger partial charge in [0.2, 0.25) is 5.91 Å². The molecular weight excluding hydrogens is 206 g/mol. The molecule has 4 heteroatoms. The number of likely N-dealkylation sites (tertiary alicyclic amines) is 1. The van der Waals surface area contributed by atoms with Crippen LogP contribution in [0.2, 0.25) is 0 Å². The second kappa shape index (κ2) is 7.63. The summed E-state index contributed by atoms with van der Waals surface area (Å²) in [6.45, 7) is 4.59. The van der Waals surface area contributed by atoms with Crippen LogP contribution in [0.4, 0.5) is 0 Å². The van der Waals surface area contributed by atoms with Crippen molar-refractivity contribution in [1.29, 1.82) is 0 Å². The molecule has 1 rings (SSSR count). The molecule has 0 aliphatic carbocycles. The first kappa shape index (κ1) is 13.5. The summed E-state index contributed by atoms with van der Waals surface area (Å²) in [6.07, 6.45) is 4.34. The molecule has 0 aromatic carbocycles. The topological polar surface area (TPSA) is 49.8 Å². The summed E-state index contributed by atoms with van der Waals surface area (Å²) in [5.41, 5.74) is 0. The molecular formula is C12H23NO3. The summed E-state index contributed by atoms with van der Waals surface area (Å²) < 4.78 is 5.54. The SMILES string of the molecule is CCOC1CCN(C(=O)CCCCO)CC1. The summed E-state index contributed by atoms with van der Waals surface area (Å²) in [5, 5.41) is 8.64. The summed E-state index contributed by atoms with van der Waals surface area (Å²) in [6, 6.07) is 0. The fourth-order valence-electron chi connectivity index (χ4n) is 2.05. The van der Waals surface area contributed by atoms with Crippen molar-refractivity contribution in [2.24, 2.45) is 0 Å². The number of hydrogen-bond acceptors (Lipinski definition) is 3. The van der Waals surface area contributed by atoms with Crippen LogP contribution in [0.25, 0.3) is 0 Å². The maximum Gasteiger partial charge on any atom is 0.222 e. The number of unbranched alkanes of at least 4 members (excludes halogenated alkanes) is 1. The number of ether oxygens (including phenoxy) is 1. The zero-order valence-electron chi connectivity index (χ0n) is 10.2. The standard InChI is InChI=1S/C12H23NO3/c1-2-16-11-6-8-13(9-7-11)12(15)5-3-4-10-14/h11,14H,2-10H2,1H3. The minimum Gasteiger partial charge on any atom is -0.396 e. The van der Waals surface area contributed by atoms with Gasteiger partial charge < -0.3 is 14.7 Å². The van der Waals surface area contributed by atoms with Gasteiger partial charge in [-0.05, 0) is 32.6 Å². The van der Waals surface area contributed by atoms with E-state index in [2.05, 4.69) is 0 Å². The molecule has 0 bridgehead atoms. The number of piperidine rings is 1. The maximum absolute atomic E-state index is 11.7. The molecule has 4 nitrogen and oxygen atoms in total. The van der Waals surface area contributed by atoms with Gasteiger partial charge in [-0.2, -0.15) is 0 Å². The lowest BCUT2D eigenvalue weighted by atomic mass is 10.1. The van der Waals surface area contributed by atoms with Crippen LogP contribution in [-0.2, 0) is 9.53 Å². The second-order valence-corrected chi connectivity index (χ2v) is 4.22. The summed E-state index contributed by atoms with van der Waals surface area (Å²) in [5.74, 6) is 0.225. The van der Waals surface area contributed by atoms with E-state index in [1.54, 1.807) is 0 Å². The van der Waals surface area contributed by atoms with Crippen LogP contribution in [0.1, 0.15) is 39.0 Å². The van der Waals surface area contributed by atoms with Crippen LogP contribution in [0, 0.1) is 0 Å². The van der Waals surface area contributed by atoms with E-state index in [1.165, 1.54) is 0 Å². The van der Waals surface area contributed by atoms with Crippen LogP contribution in [0.3, 0.4) is 0 Å². The van der Waals surface area contributed by atoms with Crippen molar-refractivity contribution in [2.45, 2.75) is 45.1 Å². The number of rotatable bonds is 6. The van der Waals surface area contributed by atoms with Gasteiger partial charge in [0.25, 0.3) is 0 Å². The summed E-state index contributed by atoms with van der Waals surface area (Å²) >= 11 is 0. The van der Waals surface area contributed by atoms with E-state index in [1.807, 2.05) is 11.8 Å². The van der Waals surface area contributed by atoms with Crippen LogP contribution in [-0.4, -0.2) is 48.3 Å². The van der Waals surface area contributed by atoms with E-state index in [9.17, 15) is 4.79 Å². The lowest BCUT2D eigenvalue weighted by Gasteiger charge is -2.31.